The van der Waals surface area contributed by atoms with Gasteiger partial charge < -0.3 is 10.5 Å². The summed E-state index contributed by atoms with van der Waals surface area (Å²) in [6.45, 7) is 1.93. The number of nitro groups is 1. The van der Waals surface area contributed by atoms with E-state index in [1.165, 1.54) is 12.1 Å². The van der Waals surface area contributed by atoms with E-state index in [9.17, 15) is 14.9 Å². The number of aromatic nitrogens is 1. The maximum atomic E-state index is 11.0. The second kappa shape index (κ2) is 5.59. The van der Waals surface area contributed by atoms with Crippen LogP contribution in [0, 0.1) is 10.1 Å². The maximum Gasteiger partial charge on any atom is 0.330 e. The molecule has 1 heterocycles. The van der Waals surface area contributed by atoms with E-state index in [1.807, 2.05) is 0 Å². The summed E-state index contributed by atoms with van der Waals surface area (Å²) in [7, 11) is 0. The largest absolute Gasteiger partial charge is 0.463 e. The number of hydrogen-bond donors (Lipinski definition) is 1. The number of esters is 1. The first-order valence-electron chi connectivity index (χ1n) is 4.79. The fourth-order valence-electron chi connectivity index (χ4n) is 1.06. The minimum absolute atomic E-state index is 0.108. The van der Waals surface area contributed by atoms with Crippen LogP contribution in [0.4, 0.5) is 11.5 Å². The lowest BCUT2D eigenvalue weighted by molar-refractivity contribution is -0.385. The van der Waals surface area contributed by atoms with E-state index in [2.05, 4.69) is 9.72 Å². The zero-order chi connectivity index (χ0) is 12.8. The lowest BCUT2D eigenvalue weighted by Crippen LogP contribution is -2.00. The van der Waals surface area contributed by atoms with Crippen LogP contribution in [0.5, 0.6) is 0 Å². The first-order valence-corrected chi connectivity index (χ1v) is 4.79. The number of carbonyl (C=O) groups excluding carboxylic acids is 1. The Labute approximate surface area is 97.1 Å². The van der Waals surface area contributed by atoms with Crippen molar-refractivity contribution >= 4 is 23.6 Å². The standard InChI is InChI=1S/C10H11N3O4/c1-2-17-9(14)4-3-7-5-8(13(15)16)6-12-10(7)11/h3-6H,2H2,1H3,(H2,11,12). The molecule has 0 unspecified atom stereocenters. The molecule has 0 radical (unpaired) electrons. The monoisotopic (exact) mass is 237 g/mol. The summed E-state index contributed by atoms with van der Waals surface area (Å²) >= 11 is 0. The molecule has 0 saturated carbocycles. The van der Waals surface area contributed by atoms with Crippen molar-refractivity contribution in [3.05, 3.63) is 34.0 Å². The van der Waals surface area contributed by atoms with Crippen LogP contribution >= 0.6 is 0 Å². The lowest BCUT2D eigenvalue weighted by Gasteiger charge is -1.99. The molecule has 7 nitrogen and oxygen atoms in total. The molecule has 1 aromatic rings. The summed E-state index contributed by atoms with van der Waals surface area (Å²) in [6, 6.07) is 1.23. The zero-order valence-electron chi connectivity index (χ0n) is 9.12. The molecule has 0 amide bonds. The molecule has 17 heavy (non-hydrogen) atoms. The van der Waals surface area contributed by atoms with Crippen LogP contribution < -0.4 is 5.73 Å². The Morgan fingerprint density at radius 3 is 3.00 bits per heavy atom. The first kappa shape index (κ1) is 12.6. The average molecular weight is 237 g/mol. The van der Waals surface area contributed by atoms with Crippen molar-refractivity contribution in [2.45, 2.75) is 6.92 Å². The van der Waals surface area contributed by atoms with Crippen molar-refractivity contribution in [2.24, 2.45) is 0 Å². The maximum absolute atomic E-state index is 11.0. The van der Waals surface area contributed by atoms with Gasteiger partial charge in [0.05, 0.1) is 11.5 Å². The minimum atomic E-state index is -0.589. The Balaban J connectivity index is 2.93. The van der Waals surface area contributed by atoms with Gasteiger partial charge in [0, 0.05) is 17.7 Å². The number of nitrogen functional groups attached to an aromatic ring is 1. The highest BCUT2D eigenvalue weighted by atomic mass is 16.6. The van der Waals surface area contributed by atoms with E-state index in [-0.39, 0.29) is 18.1 Å². The molecular weight excluding hydrogens is 226 g/mol. The average Bonchev–Trinajstić information content (AvgIpc) is 2.28. The molecule has 2 N–H and O–H groups in total. The van der Waals surface area contributed by atoms with Gasteiger partial charge in [-0.2, -0.15) is 0 Å². The van der Waals surface area contributed by atoms with Gasteiger partial charge in [-0.25, -0.2) is 9.78 Å². The van der Waals surface area contributed by atoms with Crippen molar-refractivity contribution in [2.75, 3.05) is 12.3 Å². The Hall–Kier alpha value is -2.44. The topological polar surface area (TPSA) is 108 Å². The van der Waals surface area contributed by atoms with Crippen molar-refractivity contribution in [1.29, 1.82) is 0 Å². The Morgan fingerprint density at radius 2 is 2.41 bits per heavy atom. The summed E-state index contributed by atoms with van der Waals surface area (Å²) in [5, 5.41) is 10.5. The van der Waals surface area contributed by atoms with Crippen molar-refractivity contribution in [3.63, 3.8) is 0 Å². The summed E-state index contributed by atoms with van der Waals surface area (Å²) in [5.74, 6) is -0.436. The molecule has 0 bridgehead atoms. The third kappa shape index (κ3) is 3.56. The predicted molar refractivity (Wildman–Crippen MR) is 61.0 cm³/mol. The van der Waals surface area contributed by atoms with E-state index in [1.54, 1.807) is 6.92 Å². The van der Waals surface area contributed by atoms with Gasteiger partial charge in [-0.15, -0.1) is 0 Å². The summed E-state index contributed by atoms with van der Waals surface area (Å²) in [5.41, 5.74) is 5.62. The van der Waals surface area contributed by atoms with Gasteiger partial charge in [0.2, 0.25) is 0 Å². The molecule has 7 heteroatoms. The van der Waals surface area contributed by atoms with Crippen LogP contribution in [-0.2, 0) is 9.53 Å². The molecule has 0 fully saturated rings. The molecule has 0 aromatic carbocycles. The zero-order valence-corrected chi connectivity index (χ0v) is 9.12. The molecule has 0 spiro atoms. The van der Waals surface area contributed by atoms with E-state index in [0.29, 0.717) is 5.56 Å². The van der Waals surface area contributed by atoms with E-state index >= 15 is 0 Å². The molecule has 90 valence electrons. The van der Waals surface area contributed by atoms with Gasteiger partial charge in [0.25, 0.3) is 5.69 Å². The van der Waals surface area contributed by atoms with Crippen molar-refractivity contribution in [3.8, 4) is 0 Å². The molecule has 0 atom stereocenters. The Morgan fingerprint density at radius 1 is 1.71 bits per heavy atom. The number of anilines is 1. The minimum Gasteiger partial charge on any atom is -0.463 e. The van der Waals surface area contributed by atoms with Crippen LogP contribution in [0.3, 0.4) is 0 Å². The molecule has 0 saturated heterocycles. The number of ether oxygens (including phenoxy) is 1. The fraction of sp³-hybridized carbons (Fsp3) is 0.200. The molecule has 0 aliphatic carbocycles. The molecular formula is C10H11N3O4. The smallest absolute Gasteiger partial charge is 0.330 e. The third-order valence-electron chi connectivity index (χ3n) is 1.83. The van der Waals surface area contributed by atoms with Gasteiger partial charge in [-0.05, 0) is 13.0 Å². The highest BCUT2D eigenvalue weighted by molar-refractivity contribution is 5.88. The second-order valence-corrected chi connectivity index (χ2v) is 3.01. The molecule has 0 aliphatic rings. The van der Waals surface area contributed by atoms with E-state index in [4.69, 9.17) is 5.73 Å². The van der Waals surface area contributed by atoms with Gasteiger partial charge >= 0.3 is 5.97 Å². The lowest BCUT2D eigenvalue weighted by atomic mass is 10.2. The number of nitrogens with two attached hydrogens (primary N) is 1. The van der Waals surface area contributed by atoms with Gasteiger partial charge in [-0.1, -0.05) is 0 Å². The van der Waals surface area contributed by atoms with E-state index < -0.39 is 10.9 Å². The van der Waals surface area contributed by atoms with Crippen LogP contribution in [0.25, 0.3) is 6.08 Å². The quantitative estimate of drug-likeness (QED) is 0.364. The Bertz CT molecular complexity index is 471. The number of nitrogens with zero attached hydrogens (tertiary/aromatic N) is 2. The normalized spacial score (nSPS) is 10.4. The van der Waals surface area contributed by atoms with Crippen LogP contribution in [0.2, 0.25) is 0 Å². The van der Waals surface area contributed by atoms with Crippen molar-refractivity contribution < 1.29 is 14.5 Å². The summed E-state index contributed by atoms with van der Waals surface area (Å²) < 4.78 is 4.66. The highest BCUT2D eigenvalue weighted by Crippen LogP contribution is 2.17. The fourth-order valence-corrected chi connectivity index (χ4v) is 1.06. The number of carbonyl (C=O) groups is 1. The second-order valence-electron chi connectivity index (χ2n) is 3.01. The third-order valence-corrected chi connectivity index (χ3v) is 1.83. The first-order chi connectivity index (χ1) is 8.04. The highest BCUT2D eigenvalue weighted by Gasteiger charge is 2.08. The van der Waals surface area contributed by atoms with Gasteiger partial charge in [0.15, 0.2) is 0 Å². The number of pyridine rings is 1. The number of hydrogen-bond acceptors (Lipinski definition) is 6. The predicted octanol–water partition coefficient (Wildman–Crippen LogP) is 1.15. The van der Waals surface area contributed by atoms with Gasteiger partial charge in [0.1, 0.15) is 12.0 Å². The van der Waals surface area contributed by atoms with Crippen LogP contribution in [0.1, 0.15) is 12.5 Å². The molecule has 1 aromatic heterocycles. The molecule has 0 aliphatic heterocycles. The summed E-state index contributed by atoms with van der Waals surface area (Å²) in [4.78, 5) is 24.6. The summed E-state index contributed by atoms with van der Waals surface area (Å²) in [6.07, 6.45) is 3.52. The number of rotatable bonds is 4. The molecule has 1 rings (SSSR count). The van der Waals surface area contributed by atoms with Crippen LogP contribution in [0.15, 0.2) is 18.3 Å². The Kier molecular flexibility index (Phi) is 4.15. The van der Waals surface area contributed by atoms with Crippen molar-refractivity contribution in [1.82, 2.24) is 4.98 Å². The SMILES string of the molecule is CCOC(=O)C=Cc1cc([N+](=O)[O-])cnc1N. The van der Waals surface area contributed by atoms with Gasteiger partial charge in [-0.3, -0.25) is 10.1 Å². The van der Waals surface area contributed by atoms with Crippen LogP contribution in [-0.4, -0.2) is 22.5 Å². The van der Waals surface area contributed by atoms with E-state index in [0.717, 1.165) is 12.3 Å².